The molecule has 0 aliphatic heterocycles. The number of hydrogen-bond acceptors (Lipinski definition) is 7. The highest BCUT2D eigenvalue weighted by atomic mass is 127. The van der Waals surface area contributed by atoms with Crippen LogP contribution in [0.5, 0.6) is 0 Å². The minimum atomic E-state index is -0.220. The molecule has 0 aliphatic carbocycles. The van der Waals surface area contributed by atoms with Gasteiger partial charge in [0, 0.05) is 32.2 Å². The molecule has 0 atom stereocenters. The van der Waals surface area contributed by atoms with Crippen LogP contribution in [0.3, 0.4) is 0 Å². The van der Waals surface area contributed by atoms with Gasteiger partial charge in [-0.05, 0) is 80.0 Å². The molecule has 1 N–H and O–H groups in total. The lowest BCUT2D eigenvalue weighted by atomic mass is 9.90. The monoisotopic (exact) mass is 594 g/mol. The first-order valence-corrected chi connectivity index (χ1v) is 12.1. The third kappa shape index (κ3) is 3.65. The molecule has 0 aliphatic rings. The Morgan fingerprint density at radius 2 is 1.86 bits per heavy atom. The van der Waals surface area contributed by atoms with E-state index in [1.165, 1.54) is 0 Å². The highest BCUT2D eigenvalue weighted by molar-refractivity contribution is 14.1. The Morgan fingerprint density at radius 1 is 1.03 bits per heavy atom. The van der Waals surface area contributed by atoms with Crippen LogP contribution in [0.2, 0.25) is 5.02 Å². The number of aliphatic hydroxyl groups is 1. The van der Waals surface area contributed by atoms with Crippen LogP contribution >= 0.6 is 34.2 Å². The fourth-order valence-corrected chi connectivity index (χ4v) is 4.88. The minimum Gasteiger partial charge on any atom is -0.392 e. The van der Waals surface area contributed by atoms with Gasteiger partial charge < -0.3 is 9.67 Å². The normalized spacial score (nSPS) is 11.5. The fourth-order valence-electron chi connectivity index (χ4n) is 4.33. The van der Waals surface area contributed by atoms with Crippen molar-refractivity contribution in [1.29, 1.82) is 0 Å². The number of fused-ring (bicyclic) bond motifs is 3. The number of aromatic nitrogens is 8. The number of aryl methyl sites for hydroxylation is 1. The van der Waals surface area contributed by atoms with E-state index < -0.39 is 0 Å². The van der Waals surface area contributed by atoms with Gasteiger partial charge in [0.15, 0.2) is 5.82 Å². The highest BCUT2D eigenvalue weighted by Crippen LogP contribution is 2.42. The summed E-state index contributed by atoms with van der Waals surface area (Å²) in [5.41, 5.74) is 5.34. The van der Waals surface area contributed by atoms with Crippen LogP contribution in [0.25, 0.3) is 50.5 Å². The number of hydrogen-bond donors (Lipinski definition) is 1. The van der Waals surface area contributed by atoms with Crippen molar-refractivity contribution in [3.05, 3.63) is 75.1 Å². The van der Waals surface area contributed by atoms with Gasteiger partial charge in [0.1, 0.15) is 6.33 Å². The molecule has 3 heterocycles. The number of rotatable bonds is 4. The van der Waals surface area contributed by atoms with Gasteiger partial charge in [0.2, 0.25) is 0 Å². The number of halogens is 2. The van der Waals surface area contributed by atoms with E-state index in [9.17, 15) is 5.11 Å². The van der Waals surface area contributed by atoms with Crippen LogP contribution in [0.15, 0.2) is 60.9 Å². The molecule has 3 aromatic heterocycles. The lowest BCUT2D eigenvalue weighted by Crippen LogP contribution is -2.06. The van der Waals surface area contributed by atoms with Crippen molar-refractivity contribution in [3.8, 4) is 33.8 Å². The third-order valence-corrected chi connectivity index (χ3v) is 6.84. The smallest absolute Gasteiger partial charge is 0.274 e. The van der Waals surface area contributed by atoms with Crippen LogP contribution in [0.1, 0.15) is 5.56 Å². The Morgan fingerprint density at radius 3 is 2.57 bits per heavy atom. The maximum atomic E-state index is 10.7. The Kier molecular flexibility index (Phi) is 5.43. The zero-order chi connectivity index (χ0) is 24.1. The minimum absolute atomic E-state index is 0.220. The second-order valence-corrected chi connectivity index (χ2v) is 9.65. The van der Waals surface area contributed by atoms with E-state index in [4.69, 9.17) is 16.6 Å². The molecular formula is C24H16ClIN8O. The van der Waals surface area contributed by atoms with Gasteiger partial charge in [-0.2, -0.15) is 4.52 Å². The predicted octanol–water partition coefficient (Wildman–Crippen LogP) is 4.55. The summed E-state index contributed by atoms with van der Waals surface area (Å²) in [6.07, 6.45) is 1.63. The summed E-state index contributed by atoms with van der Waals surface area (Å²) in [7, 11) is 1.86. The van der Waals surface area contributed by atoms with Gasteiger partial charge in [-0.15, -0.1) is 10.2 Å². The first-order valence-electron chi connectivity index (χ1n) is 10.6. The molecule has 0 fully saturated rings. The molecular weight excluding hydrogens is 579 g/mol. The van der Waals surface area contributed by atoms with Crippen molar-refractivity contribution in [2.24, 2.45) is 7.05 Å². The van der Waals surface area contributed by atoms with Gasteiger partial charge in [-0.25, -0.2) is 4.98 Å². The zero-order valence-electron chi connectivity index (χ0n) is 18.3. The fraction of sp³-hybridized carbons (Fsp3) is 0.0833. The van der Waals surface area contributed by atoms with Gasteiger partial charge in [-0.1, -0.05) is 41.0 Å². The van der Waals surface area contributed by atoms with E-state index >= 15 is 0 Å². The van der Waals surface area contributed by atoms with Crippen LogP contribution in [0, 0.1) is 3.57 Å². The molecule has 0 saturated carbocycles. The van der Waals surface area contributed by atoms with Gasteiger partial charge in [0.25, 0.3) is 5.78 Å². The van der Waals surface area contributed by atoms with E-state index in [1.807, 2.05) is 66.2 Å². The average molecular weight is 595 g/mol. The van der Waals surface area contributed by atoms with Gasteiger partial charge in [0.05, 0.1) is 17.8 Å². The molecule has 3 aromatic carbocycles. The summed E-state index contributed by atoms with van der Waals surface area (Å²) in [4.78, 5) is 4.79. The Bertz CT molecular complexity index is 1730. The summed E-state index contributed by atoms with van der Waals surface area (Å²) >= 11 is 8.61. The van der Waals surface area contributed by atoms with Crippen molar-refractivity contribution in [2.45, 2.75) is 6.61 Å². The van der Waals surface area contributed by atoms with Crippen molar-refractivity contribution < 1.29 is 5.11 Å². The van der Waals surface area contributed by atoms with Gasteiger partial charge in [-0.3, -0.25) is 0 Å². The Labute approximate surface area is 217 Å². The SMILES string of the molecule is Cn1cnnc1-c1c(CO)c(-c2ccc(I)cc2)cc2c1c(-c1cccc(Cl)c1)nc1nnnn12. The quantitative estimate of drug-likeness (QED) is 0.299. The maximum Gasteiger partial charge on any atom is 0.274 e. The van der Waals surface area contributed by atoms with Crippen molar-refractivity contribution in [1.82, 2.24) is 39.8 Å². The van der Waals surface area contributed by atoms with E-state index in [0.29, 0.717) is 33.4 Å². The molecule has 0 saturated heterocycles. The molecule has 0 radical (unpaired) electrons. The Hall–Kier alpha value is -3.48. The molecule has 172 valence electrons. The molecule has 0 unspecified atom stereocenters. The molecule has 0 spiro atoms. The first kappa shape index (κ1) is 22.0. The molecule has 0 bridgehead atoms. The molecule has 35 heavy (non-hydrogen) atoms. The van der Waals surface area contributed by atoms with Crippen LogP contribution in [0.4, 0.5) is 0 Å². The second-order valence-electron chi connectivity index (χ2n) is 7.96. The summed E-state index contributed by atoms with van der Waals surface area (Å²) in [6.45, 7) is -0.220. The first-order chi connectivity index (χ1) is 17.0. The lowest BCUT2D eigenvalue weighted by molar-refractivity contribution is 0.283. The Balaban J connectivity index is 1.85. The average Bonchev–Trinajstić information content (AvgIpc) is 3.51. The molecule has 6 rings (SSSR count). The third-order valence-electron chi connectivity index (χ3n) is 5.89. The maximum absolute atomic E-state index is 10.7. The van der Waals surface area contributed by atoms with E-state index in [-0.39, 0.29) is 6.61 Å². The van der Waals surface area contributed by atoms with Crippen molar-refractivity contribution in [2.75, 3.05) is 0 Å². The van der Waals surface area contributed by atoms with E-state index in [1.54, 1.807) is 10.8 Å². The van der Waals surface area contributed by atoms with Crippen LogP contribution in [-0.4, -0.2) is 44.9 Å². The topological polar surface area (TPSA) is 107 Å². The van der Waals surface area contributed by atoms with Gasteiger partial charge >= 0.3 is 0 Å². The van der Waals surface area contributed by atoms with E-state index in [2.05, 4.69) is 48.3 Å². The van der Waals surface area contributed by atoms with Crippen molar-refractivity contribution >= 4 is 50.9 Å². The standard InChI is InChI=1S/C24H16ClIN8O/c1-33-12-27-29-23(33)20-18(11-35)17(13-5-7-16(26)8-6-13)10-19-21(20)22(14-3-2-4-15(25)9-14)28-24-30-31-32-34(19)24/h2-10,12,35H,11H2,1H3. The van der Waals surface area contributed by atoms with Crippen LogP contribution in [-0.2, 0) is 13.7 Å². The number of benzene rings is 3. The zero-order valence-corrected chi connectivity index (χ0v) is 21.2. The molecule has 6 aromatic rings. The number of aliphatic hydroxyl groups excluding tert-OH is 1. The van der Waals surface area contributed by atoms with E-state index in [0.717, 1.165) is 31.2 Å². The number of nitrogens with zero attached hydrogens (tertiary/aromatic N) is 8. The molecule has 11 heteroatoms. The summed E-state index contributed by atoms with van der Waals surface area (Å²) in [5.74, 6) is 0.936. The second kappa shape index (κ2) is 8.63. The molecule has 0 amide bonds. The summed E-state index contributed by atoms with van der Waals surface area (Å²) in [5, 5.41) is 32.7. The predicted molar refractivity (Wildman–Crippen MR) is 141 cm³/mol. The van der Waals surface area contributed by atoms with Crippen LogP contribution < -0.4 is 0 Å². The highest BCUT2D eigenvalue weighted by Gasteiger charge is 2.25. The largest absolute Gasteiger partial charge is 0.392 e. The number of tetrazole rings is 1. The van der Waals surface area contributed by atoms with Crippen molar-refractivity contribution in [3.63, 3.8) is 0 Å². The summed E-state index contributed by atoms with van der Waals surface area (Å²) < 4.78 is 4.53. The lowest BCUT2D eigenvalue weighted by Gasteiger charge is -2.19. The summed E-state index contributed by atoms with van der Waals surface area (Å²) in [6, 6.07) is 17.5. The molecule has 9 nitrogen and oxygen atoms in total.